The molecule has 1 heterocycles. The minimum atomic E-state index is -0.699. The average Bonchev–Trinajstić information content (AvgIpc) is 2.55. The number of halogens is 1. The zero-order valence-corrected chi connectivity index (χ0v) is 12.2. The zero-order chi connectivity index (χ0) is 15.5. The van der Waals surface area contributed by atoms with Crippen molar-refractivity contribution >= 4 is 29.5 Å². The molecular weight excluding hydrogens is 300 g/mol. The van der Waals surface area contributed by atoms with E-state index in [9.17, 15) is 10.1 Å². The van der Waals surface area contributed by atoms with Gasteiger partial charge in [-0.1, -0.05) is 35.9 Å². The number of para-hydroxylation sites is 1. The molecule has 1 aliphatic rings. The number of ether oxygens (including phenoxy) is 1. The number of anilines is 1. The first kappa shape index (κ1) is 14.2. The van der Waals surface area contributed by atoms with Crippen molar-refractivity contribution in [2.75, 3.05) is 4.90 Å². The van der Waals surface area contributed by atoms with Crippen LogP contribution in [-0.2, 0) is 0 Å². The van der Waals surface area contributed by atoms with E-state index < -0.39 is 12.1 Å². The van der Waals surface area contributed by atoms with Crippen molar-refractivity contribution in [1.82, 2.24) is 0 Å². The molecule has 3 rings (SSSR count). The zero-order valence-electron chi connectivity index (χ0n) is 11.4. The van der Waals surface area contributed by atoms with Crippen molar-refractivity contribution in [2.24, 2.45) is 0 Å². The molecule has 0 bridgehead atoms. The highest BCUT2D eigenvalue weighted by atomic mass is 35.5. The van der Waals surface area contributed by atoms with Crippen molar-refractivity contribution in [2.45, 2.75) is 6.04 Å². The third-order valence-electron chi connectivity index (χ3n) is 3.28. The minimum absolute atomic E-state index is 0.373. The van der Waals surface area contributed by atoms with Crippen LogP contribution in [0.4, 0.5) is 10.5 Å². The van der Waals surface area contributed by atoms with E-state index in [0.717, 1.165) is 5.56 Å². The van der Waals surface area contributed by atoms with Gasteiger partial charge in [0.25, 0.3) is 0 Å². The SMILES string of the molecule is N#CC1C=Cc2ccccc2N1C(=O)Oc1ccc(Cl)cc1. The number of nitrogens with zero attached hydrogens (tertiary/aromatic N) is 2. The van der Waals surface area contributed by atoms with Crippen LogP contribution in [0, 0.1) is 11.3 Å². The van der Waals surface area contributed by atoms with Crippen LogP contribution in [0.5, 0.6) is 5.75 Å². The van der Waals surface area contributed by atoms with E-state index in [4.69, 9.17) is 16.3 Å². The fourth-order valence-electron chi connectivity index (χ4n) is 2.24. The highest BCUT2D eigenvalue weighted by Gasteiger charge is 2.29. The monoisotopic (exact) mass is 310 g/mol. The van der Waals surface area contributed by atoms with Gasteiger partial charge in [0, 0.05) is 5.02 Å². The molecule has 0 radical (unpaired) electrons. The van der Waals surface area contributed by atoms with Gasteiger partial charge in [0.05, 0.1) is 11.8 Å². The quantitative estimate of drug-likeness (QED) is 0.790. The molecule has 108 valence electrons. The lowest BCUT2D eigenvalue weighted by Crippen LogP contribution is -2.42. The van der Waals surface area contributed by atoms with Gasteiger partial charge in [-0.05, 0) is 42.0 Å². The Morgan fingerprint density at radius 3 is 2.64 bits per heavy atom. The Bertz CT molecular complexity index is 778. The lowest BCUT2D eigenvalue weighted by Gasteiger charge is -2.29. The molecule has 0 saturated carbocycles. The predicted molar refractivity (Wildman–Crippen MR) is 84.8 cm³/mol. The van der Waals surface area contributed by atoms with Gasteiger partial charge in [-0.3, -0.25) is 4.90 Å². The van der Waals surface area contributed by atoms with Crippen molar-refractivity contribution in [3.05, 3.63) is 65.2 Å². The summed E-state index contributed by atoms with van der Waals surface area (Å²) in [7, 11) is 0. The third-order valence-corrected chi connectivity index (χ3v) is 3.53. The smallest absolute Gasteiger partial charge is 0.410 e. The molecule has 1 aliphatic heterocycles. The first-order valence-electron chi connectivity index (χ1n) is 6.62. The number of hydrogen-bond donors (Lipinski definition) is 0. The molecule has 4 nitrogen and oxygen atoms in total. The van der Waals surface area contributed by atoms with E-state index >= 15 is 0 Å². The molecule has 0 fully saturated rings. The lowest BCUT2D eigenvalue weighted by atomic mass is 10.0. The summed E-state index contributed by atoms with van der Waals surface area (Å²) in [4.78, 5) is 13.8. The summed E-state index contributed by atoms with van der Waals surface area (Å²) in [5.41, 5.74) is 1.51. The largest absolute Gasteiger partial charge is 0.421 e. The highest BCUT2D eigenvalue weighted by Crippen LogP contribution is 2.29. The predicted octanol–water partition coefficient (Wildman–Crippen LogP) is 4.26. The van der Waals surface area contributed by atoms with Crippen LogP contribution in [0.3, 0.4) is 0 Å². The van der Waals surface area contributed by atoms with Crippen LogP contribution in [0.1, 0.15) is 5.56 Å². The van der Waals surface area contributed by atoms with Crippen LogP contribution < -0.4 is 9.64 Å². The molecule has 0 spiro atoms. The van der Waals surface area contributed by atoms with Gasteiger partial charge in [-0.25, -0.2) is 4.79 Å². The van der Waals surface area contributed by atoms with Gasteiger partial charge in [-0.2, -0.15) is 5.26 Å². The second-order valence-electron chi connectivity index (χ2n) is 4.68. The Morgan fingerprint density at radius 2 is 1.91 bits per heavy atom. The maximum absolute atomic E-state index is 12.5. The number of nitriles is 1. The van der Waals surface area contributed by atoms with E-state index in [1.54, 1.807) is 36.4 Å². The van der Waals surface area contributed by atoms with Gasteiger partial charge >= 0.3 is 6.09 Å². The van der Waals surface area contributed by atoms with Crippen LogP contribution in [0.25, 0.3) is 6.08 Å². The van der Waals surface area contributed by atoms with E-state index in [1.165, 1.54) is 4.90 Å². The van der Waals surface area contributed by atoms with Gasteiger partial charge in [-0.15, -0.1) is 0 Å². The van der Waals surface area contributed by atoms with Gasteiger partial charge in [0.1, 0.15) is 11.8 Å². The van der Waals surface area contributed by atoms with Crippen molar-refractivity contribution in [3.63, 3.8) is 0 Å². The summed E-state index contributed by atoms with van der Waals surface area (Å²) in [5, 5.41) is 9.83. The Labute approximate surface area is 132 Å². The van der Waals surface area contributed by atoms with Crippen LogP contribution in [0.15, 0.2) is 54.6 Å². The molecule has 1 amide bonds. The maximum atomic E-state index is 12.5. The number of hydrogen-bond acceptors (Lipinski definition) is 3. The maximum Gasteiger partial charge on any atom is 0.421 e. The van der Waals surface area contributed by atoms with Crippen LogP contribution in [-0.4, -0.2) is 12.1 Å². The van der Waals surface area contributed by atoms with E-state index in [1.807, 2.05) is 24.3 Å². The van der Waals surface area contributed by atoms with Gasteiger partial charge < -0.3 is 4.74 Å². The minimum Gasteiger partial charge on any atom is -0.410 e. The Kier molecular flexibility index (Phi) is 3.82. The lowest BCUT2D eigenvalue weighted by molar-refractivity contribution is 0.207. The van der Waals surface area contributed by atoms with Crippen molar-refractivity contribution in [3.8, 4) is 11.8 Å². The molecule has 0 saturated heterocycles. The molecule has 0 aromatic heterocycles. The molecule has 0 aliphatic carbocycles. The van der Waals surface area contributed by atoms with E-state index in [-0.39, 0.29) is 0 Å². The number of amides is 1. The van der Waals surface area contributed by atoms with Crippen molar-refractivity contribution < 1.29 is 9.53 Å². The van der Waals surface area contributed by atoms with Gasteiger partial charge in [0.2, 0.25) is 0 Å². The molecule has 22 heavy (non-hydrogen) atoms. The summed E-state index contributed by atoms with van der Waals surface area (Å²) in [6, 6.07) is 15.2. The topological polar surface area (TPSA) is 53.3 Å². The Balaban J connectivity index is 1.91. The van der Waals surface area contributed by atoms with Crippen LogP contribution >= 0.6 is 11.6 Å². The second-order valence-corrected chi connectivity index (χ2v) is 5.12. The number of rotatable bonds is 1. The molecule has 2 aromatic carbocycles. The fourth-order valence-corrected chi connectivity index (χ4v) is 2.37. The van der Waals surface area contributed by atoms with Gasteiger partial charge in [0.15, 0.2) is 0 Å². The molecule has 1 unspecified atom stereocenters. The van der Waals surface area contributed by atoms with E-state index in [2.05, 4.69) is 6.07 Å². The number of benzene rings is 2. The highest BCUT2D eigenvalue weighted by molar-refractivity contribution is 6.30. The Morgan fingerprint density at radius 1 is 1.18 bits per heavy atom. The Hall–Kier alpha value is -2.77. The summed E-state index contributed by atoms with van der Waals surface area (Å²) < 4.78 is 5.34. The third kappa shape index (κ3) is 2.67. The molecular formula is C17H11ClN2O2. The molecule has 2 aromatic rings. The summed E-state index contributed by atoms with van der Waals surface area (Å²) in [6.07, 6.45) is 2.89. The number of fused-ring (bicyclic) bond motifs is 1. The fraction of sp³-hybridized carbons (Fsp3) is 0.0588. The van der Waals surface area contributed by atoms with Crippen molar-refractivity contribution in [1.29, 1.82) is 5.26 Å². The standard InChI is InChI=1S/C17H11ClN2O2/c18-13-6-9-15(10-7-13)22-17(21)20-14(11-19)8-5-12-3-1-2-4-16(12)20/h1-10,14H. The molecule has 1 atom stereocenters. The summed E-state index contributed by atoms with van der Waals surface area (Å²) in [5.74, 6) is 0.373. The van der Waals surface area contributed by atoms with Crippen LogP contribution in [0.2, 0.25) is 5.02 Å². The first-order valence-corrected chi connectivity index (χ1v) is 7.00. The molecule has 5 heteroatoms. The number of carbonyl (C=O) groups is 1. The average molecular weight is 311 g/mol. The van der Waals surface area contributed by atoms with E-state index in [0.29, 0.717) is 16.5 Å². The summed E-state index contributed by atoms with van der Waals surface area (Å²) in [6.45, 7) is 0. The molecule has 0 N–H and O–H groups in total. The summed E-state index contributed by atoms with van der Waals surface area (Å²) >= 11 is 5.81. The number of carbonyl (C=O) groups excluding carboxylic acids is 1. The first-order chi connectivity index (χ1) is 10.7. The normalized spacial score (nSPS) is 15.8. The second kappa shape index (κ2) is 5.92.